The number of carbonyl (C=O) groups excluding carboxylic acids is 1. The van der Waals surface area contributed by atoms with Gasteiger partial charge in [-0.1, -0.05) is 50.5 Å². The molecule has 5 heteroatoms. The predicted octanol–water partition coefficient (Wildman–Crippen LogP) is 3.91. The average molecular weight is 397 g/mol. The van der Waals surface area contributed by atoms with E-state index >= 15 is 0 Å². The zero-order valence-corrected chi connectivity index (χ0v) is 17.8. The summed E-state index contributed by atoms with van der Waals surface area (Å²) < 4.78 is 5.10. The van der Waals surface area contributed by atoms with Gasteiger partial charge in [0, 0.05) is 18.8 Å². The van der Waals surface area contributed by atoms with Crippen molar-refractivity contribution in [3.05, 3.63) is 24.3 Å². The van der Waals surface area contributed by atoms with Crippen molar-refractivity contribution >= 4 is 5.97 Å². The Labute approximate surface area is 170 Å². The summed E-state index contributed by atoms with van der Waals surface area (Å²) in [6.07, 6.45) is 13.0. The monoisotopic (exact) mass is 396 g/mol. The number of rotatable bonds is 13. The van der Waals surface area contributed by atoms with E-state index in [-0.39, 0.29) is 23.9 Å². The summed E-state index contributed by atoms with van der Waals surface area (Å²) in [4.78, 5) is 11.5. The van der Waals surface area contributed by atoms with Crippen molar-refractivity contribution in [1.82, 2.24) is 0 Å². The van der Waals surface area contributed by atoms with Crippen molar-refractivity contribution in [1.29, 1.82) is 0 Å². The molecule has 0 aromatic heterocycles. The Morgan fingerprint density at radius 3 is 2.57 bits per heavy atom. The number of hydrogen-bond acceptors (Lipinski definition) is 5. The first kappa shape index (κ1) is 24.9. The zero-order chi connectivity index (χ0) is 20.9. The molecule has 5 nitrogen and oxygen atoms in total. The van der Waals surface area contributed by atoms with Crippen LogP contribution < -0.4 is 0 Å². The van der Waals surface area contributed by atoms with Crippen LogP contribution in [-0.2, 0) is 9.53 Å². The van der Waals surface area contributed by atoms with Crippen LogP contribution in [0.15, 0.2) is 24.3 Å². The number of hydrogen-bond donors (Lipinski definition) is 3. The van der Waals surface area contributed by atoms with E-state index in [1.165, 1.54) is 0 Å². The maximum absolute atomic E-state index is 11.5. The third-order valence-corrected chi connectivity index (χ3v) is 5.27. The number of unbranched alkanes of at least 4 members (excludes halogenated alkanes) is 3. The second-order valence-corrected chi connectivity index (χ2v) is 8.20. The smallest absolute Gasteiger partial charge is 0.306 e. The molecule has 0 amide bonds. The van der Waals surface area contributed by atoms with Crippen molar-refractivity contribution in [3.8, 4) is 0 Å². The summed E-state index contributed by atoms with van der Waals surface area (Å²) in [6, 6.07) is 0. The number of carbonyl (C=O) groups is 1. The molecule has 162 valence electrons. The molecular formula is C23H40O5. The number of allylic oxidation sites excluding steroid dienone is 2. The SMILES string of the molecule is CCCCC[C@H](O)C=C[C@@H]1[C@@H](C/C=C/CCCC(=O)OC(C)C)[C@@H](O)C[C@H]1O. The van der Waals surface area contributed by atoms with Gasteiger partial charge in [-0.05, 0) is 45.4 Å². The lowest BCUT2D eigenvalue weighted by Crippen LogP contribution is -2.20. The topological polar surface area (TPSA) is 87.0 Å². The highest BCUT2D eigenvalue weighted by Gasteiger charge is 2.39. The largest absolute Gasteiger partial charge is 0.463 e. The molecule has 3 N–H and O–H groups in total. The Balaban J connectivity index is 2.41. The standard InChI is InChI=1S/C23H40O5/c1-4-5-8-11-18(24)14-15-20-19(21(25)16-22(20)26)12-9-6-7-10-13-23(27)28-17(2)3/h6,9,14-15,17-22,24-26H,4-5,7-8,10-13,16H2,1-3H3/b9-6+,15-14?/t18-,19+,20+,21-,22+/m0/s1. The van der Waals surface area contributed by atoms with Crippen LogP contribution in [-0.4, -0.2) is 45.7 Å². The molecule has 0 aliphatic heterocycles. The fraction of sp³-hybridized carbons (Fsp3) is 0.783. The summed E-state index contributed by atoms with van der Waals surface area (Å²) in [5.41, 5.74) is 0. The summed E-state index contributed by atoms with van der Waals surface area (Å²) in [5, 5.41) is 30.6. The summed E-state index contributed by atoms with van der Waals surface area (Å²) in [7, 11) is 0. The molecule has 0 heterocycles. The Hall–Kier alpha value is -1.17. The Morgan fingerprint density at radius 1 is 1.14 bits per heavy atom. The normalized spacial score (nSPS) is 26.5. The molecule has 0 radical (unpaired) electrons. The number of aliphatic hydroxyl groups is 3. The lowest BCUT2D eigenvalue weighted by atomic mass is 9.89. The van der Waals surface area contributed by atoms with Crippen LogP contribution >= 0.6 is 0 Å². The molecule has 0 saturated heterocycles. The van der Waals surface area contributed by atoms with Crippen LogP contribution in [0.2, 0.25) is 0 Å². The molecule has 1 aliphatic carbocycles. The van der Waals surface area contributed by atoms with Crippen molar-refractivity contribution < 1.29 is 24.9 Å². The molecule has 5 atom stereocenters. The van der Waals surface area contributed by atoms with Crippen molar-refractivity contribution in [2.75, 3.05) is 0 Å². The first-order chi connectivity index (χ1) is 13.3. The summed E-state index contributed by atoms with van der Waals surface area (Å²) in [5.74, 6) is -0.349. The Kier molecular flexibility index (Phi) is 12.4. The van der Waals surface area contributed by atoms with Crippen molar-refractivity contribution in [2.24, 2.45) is 11.8 Å². The van der Waals surface area contributed by atoms with E-state index in [0.29, 0.717) is 19.3 Å². The van der Waals surface area contributed by atoms with Gasteiger partial charge in [0.15, 0.2) is 0 Å². The fourth-order valence-corrected chi connectivity index (χ4v) is 3.72. The summed E-state index contributed by atoms with van der Waals surface area (Å²) in [6.45, 7) is 5.82. The van der Waals surface area contributed by atoms with Gasteiger partial charge in [0.2, 0.25) is 0 Å². The molecule has 1 aliphatic rings. The highest BCUT2D eigenvalue weighted by atomic mass is 16.5. The van der Waals surface area contributed by atoms with Gasteiger partial charge in [-0.25, -0.2) is 0 Å². The van der Waals surface area contributed by atoms with E-state index in [1.54, 1.807) is 6.08 Å². The fourth-order valence-electron chi connectivity index (χ4n) is 3.72. The highest BCUT2D eigenvalue weighted by Crippen LogP contribution is 2.36. The Morgan fingerprint density at radius 2 is 1.89 bits per heavy atom. The van der Waals surface area contributed by atoms with E-state index in [0.717, 1.165) is 38.5 Å². The van der Waals surface area contributed by atoms with Crippen LogP contribution in [0.25, 0.3) is 0 Å². The molecule has 28 heavy (non-hydrogen) atoms. The maximum atomic E-state index is 11.5. The summed E-state index contributed by atoms with van der Waals surface area (Å²) >= 11 is 0. The van der Waals surface area contributed by atoms with Gasteiger partial charge in [0.05, 0.1) is 24.4 Å². The van der Waals surface area contributed by atoms with Crippen molar-refractivity contribution in [2.45, 2.75) is 103 Å². The number of esters is 1. The number of aliphatic hydroxyl groups excluding tert-OH is 3. The van der Waals surface area contributed by atoms with Crippen LogP contribution in [0, 0.1) is 11.8 Å². The molecule has 0 bridgehead atoms. The highest BCUT2D eigenvalue weighted by molar-refractivity contribution is 5.69. The third kappa shape index (κ3) is 9.85. The molecule has 1 rings (SSSR count). The van der Waals surface area contributed by atoms with E-state index in [1.807, 2.05) is 32.1 Å². The van der Waals surface area contributed by atoms with Gasteiger partial charge in [-0.3, -0.25) is 4.79 Å². The number of ether oxygens (including phenoxy) is 1. The second-order valence-electron chi connectivity index (χ2n) is 8.20. The van der Waals surface area contributed by atoms with Gasteiger partial charge in [-0.15, -0.1) is 0 Å². The van der Waals surface area contributed by atoms with Gasteiger partial charge < -0.3 is 20.1 Å². The van der Waals surface area contributed by atoms with Gasteiger partial charge in [0.25, 0.3) is 0 Å². The first-order valence-electron chi connectivity index (χ1n) is 10.9. The minimum absolute atomic E-state index is 0.0451. The van der Waals surface area contributed by atoms with E-state index in [9.17, 15) is 20.1 Å². The minimum Gasteiger partial charge on any atom is -0.463 e. The molecule has 1 fully saturated rings. The molecule has 0 spiro atoms. The lowest BCUT2D eigenvalue weighted by Gasteiger charge is -2.19. The van der Waals surface area contributed by atoms with E-state index in [4.69, 9.17) is 4.74 Å². The molecule has 0 aromatic carbocycles. The second kappa shape index (κ2) is 13.9. The van der Waals surface area contributed by atoms with E-state index < -0.39 is 18.3 Å². The quantitative estimate of drug-likeness (QED) is 0.250. The molecule has 0 aromatic rings. The minimum atomic E-state index is -0.571. The lowest BCUT2D eigenvalue weighted by molar-refractivity contribution is -0.147. The van der Waals surface area contributed by atoms with Crippen LogP contribution in [0.3, 0.4) is 0 Å². The van der Waals surface area contributed by atoms with Crippen LogP contribution in [0.5, 0.6) is 0 Å². The van der Waals surface area contributed by atoms with Crippen molar-refractivity contribution in [3.63, 3.8) is 0 Å². The van der Waals surface area contributed by atoms with Gasteiger partial charge in [0.1, 0.15) is 0 Å². The predicted molar refractivity (Wildman–Crippen MR) is 112 cm³/mol. The Bertz CT molecular complexity index is 485. The molecule has 0 unspecified atom stereocenters. The van der Waals surface area contributed by atoms with Crippen LogP contribution in [0.4, 0.5) is 0 Å². The zero-order valence-electron chi connectivity index (χ0n) is 17.8. The van der Waals surface area contributed by atoms with E-state index in [2.05, 4.69) is 6.92 Å². The van der Waals surface area contributed by atoms with Gasteiger partial charge >= 0.3 is 5.97 Å². The molecule has 1 saturated carbocycles. The maximum Gasteiger partial charge on any atom is 0.306 e. The average Bonchev–Trinajstić information content (AvgIpc) is 2.88. The van der Waals surface area contributed by atoms with Gasteiger partial charge in [-0.2, -0.15) is 0 Å². The van der Waals surface area contributed by atoms with Crippen LogP contribution in [0.1, 0.15) is 78.6 Å². The molecular weight excluding hydrogens is 356 g/mol. The third-order valence-electron chi connectivity index (χ3n) is 5.27. The first-order valence-corrected chi connectivity index (χ1v) is 10.9.